The minimum atomic E-state index is 0.921. The van der Waals surface area contributed by atoms with E-state index in [0.717, 1.165) is 27.5 Å². The van der Waals surface area contributed by atoms with Crippen molar-refractivity contribution in [2.45, 2.75) is 6.92 Å². The third kappa shape index (κ3) is 2.04. The molecule has 2 aromatic carbocycles. The van der Waals surface area contributed by atoms with Gasteiger partial charge in [-0.25, -0.2) is 4.98 Å². The average Bonchev–Trinajstić information content (AvgIpc) is 3.09. The summed E-state index contributed by atoms with van der Waals surface area (Å²) in [5, 5.41) is 0. The first-order valence-corrected chi connectivity index (χ1v) is 7.55. The van der Waals surface area contributed by atoms with Gasteiger partial charge in [-0.1, -0.05) is 60.2 Å². The van der Waals surface area contributed by atoms with Crippen LogP contribution in [0.5, 0.6) is 0 Å². The van der Waals surface area contributed by atoms with E-state index in [1.54, 1.807) is 0 Å². The minimum Gasteiger partial charge on any atom is -0.272 e. The van der Waals surface area contributed by atoms with Gasteiger partial charge in [-0.15, -0.1) is 0 Å². The number of hydrogen-bond donors (Lipinski definition) is 0. The van der Waals surface area contributed by atoms with Crippen molar-refractivity contribution in [2.24, 2.45) is 0 Å². The van der Waals surface area contributed by atoms with E-state index >= 15 is 0 Å². The fraction of sp³-hybridized carbons (Fsp3) is 0.0588. The van der Waals surface area contributed by atoms with Gasteiger partial charge in [0.05, 0.1) is 11.4 Å². The Bertz CT molecular complexity index is 889. The Kier molecular flexibility index (Phi) is 2.82. The third-order valence-electron chi connectivity index (χ3n) is 3.55. The molecule has 0 saturated carbocycles. The molecule has 4 aromatic rings. The quantitative estimate of drug-likeness (QED) is 0.547. The maximum atomic E-state index is 4.77. The lowest BCUT2D eigenvalue weighted by molar-refractivity contribution is 1.18. The topological polar surface area (TPSA) is 30.2 Å². The molecule has 102 valence electrons. The predicted molar refractivity (Wildman–Crippen MR) is 86.5 cm³/mol. The SMILES string of the molecule is Cc1ccc(-c2nc3sncn3c2-c2ccccc2)cc1. The van der Waals surface area contributed by atoms with Gasteiger partial charge < -0.3 is 0 Å². The number of benzene rings is 2. The monoisotopic (exact) mass is 291 g/mol. The van der Waals surface area contributed by atoms with E-state index in [-0.39, 0.29) is 0 Å². The zero-order valence-corrected chi connectivity index (χ0v) is 12.3. The zero-order chi connectivity index (χ0) is 14.2. The molecule has 0 fully saturated rings. The van der Waals surface area contributed by atoms with Crippen LogP contribution in [-0.4, -0.2) is 13.8 Å². The molecular weight excluding hydrogens is 278 g/mol. The summed E-state index contributed by atoms with van der Waals surface area (Å²) in [5.74, 6) is 0. The van der Waals surface area contributed by atoms with Crippen molar-refractivity contribution in [3.8, 4) is 22.5 Å². The van der Waals surface area contributed by atoms with Crippen LogP contribution < -0.4 is 0 Å². The summed E-state index contributed by atoms with van der Waals surface area (Å²) in [5.41, 5.74) is 5.65. The fourth-order valence-electron chi connectivity index (χ4n) is 2.49. The molecule has 3 nitrogen and oxygen atoms in total. The van der Waals surface area contributed by atoms with Gasteiger partial charge in [0.15, 0.2) is 0 Å². The largest absolute Gasteiger partial charge is 0.272 e. The first-order chi connectivity index (χ1) is 10.3. The van der Waals surface area contributed by atoms with Crippen molar-refractivity contribution >= 4 is 16.5 Å². The van der Waals surface area contributed by atoms with Crippen LogP contribution in [0.25, 0.3) is 27.5 Å². The smallest absolute Gasteiger partial charge is 0.214 e. The Morgan fingerprint density at radius 3 is 2.43 bits per heavy atom. The van der Waals surface area contributed by atoms with Gasteiger partial charge in [0.1, 0.15) is 6.33 Å². The highest BCUT2D eigenvalue weighted by Crippen LogP contribution is 2.33. The summed E-state index contributed by atoms with van der Waals surface area (Å²) in [6, 6.07) is 18.8. The molecule has 2 heterocycles. The Hall–Kier alpha value is -2.46. The lowest BCUT2D eigenvalue weighted by Crippen LogP contribution is -1.87. The van der Waals surface area contributed by atoms with Crippen LogP contribution >= 0.6 is 11.5 Å². The zero-order valence-electron chi connectivity index (χ0n) is 11.5. The molecule has 0 spiro atoms. The Labute approximate surface area is 126 Å². The lowest BCUT2D eigenvalue weighted by Gasteiger charge is -2.05. The summed E-state index contributed by atoms with van der Waals surface area (Å²) in [4.78, 5) is 5.69. The molecule has 0 aliphatic rings. The summed E-state index contributed by atoms with van der Waals surface area (Å²) >= 11 is 1.42. The lowest BCUT2D eigenvalue weighted by atomic mass is 10.0. The summed E-state index contributed by atoms with van der Waals surface area (Å²) < 4.78 is 6.30. The van der Waals surface area contributed by atoms with Crippen LogP contribution in [0.4, 0.5) is 0 Å². The van der Waals surface area contributed by atoms with Gasteiger partial charge in [0.2, 0.25) is 4.96 Å². The molecule has 0 N–H and O–H groups in total. The predicted octanol–water partition coefficient (Wildman–Crippen LogP) is 4.43. The van der Waals surface area contributed by atoms with E-state index in [1.165, 1.54) is 17.1 Å². The Morgan fingerprint density at radius 2 is 1.67 bits per heavy atom. The van der Waals surface area contributed by atoms with Crippen LogP contribution in [0.2, 0.25) is 0 Å². The van der Waals surface area contributed by atoms with Crippen LogP contribution in [-0.2, 0) is 0 Å². The van der Waals surface area contributed by atoms with E-state index < -0.39 is 0 Å². The number of fused-ring (bicyclic) bond motifs is 1. The number of hydrogen-bond acceptors (Lipinski definition) is 3. The van der Waals surface area contributed by atoms with E-state index in [0.29, 0.717) is 0 Å². The normalized spacial score (nSPS) is 11.1. The van der Waals surface area contributed by atoms with Crippen molar-refractivity contribution in [1.29, 1.82) is 0 Å². The summed E-state index contributed by atoms with van der Waals surface area (Å²) in [7, 11) is 0. The summed E-state index contributed by atoms with van der Waals surface area (Å²) in [6.07, 6.45) is 1.84. The van der Waals surface area contributed by atoms with Crippen molar-refractivity contribution in [1.82, 2.24) is 13.8 Å². The van der Waals surface area contributed by atoms with Gasteiger partial charge in [-0.05, 0) is 6.92 Å². The standard InChI is InChI=1S/C17H13N3S/c1-12-7-9-13(10-8-12)15-16(14-5-3-2-4-6-14)20-11-18-21-17(20)19-15/h2-11H,1H3. The number of imidazole rings is 1. The molecule has 0 aliphatic heterocycles. The number of aryl methyl sites for hydroxylation is 1. The number of rotatable bonds is 2. The molecule has 0 atom stereocenters. The fourth-order valence-corrected chi connectivity index (χ4v) is 3.08. The molecule has 0 bridgehead atoms. The van der Waals surface area contributed by atoms with Crippen molar-refractivity contribution in [2.75, 3.05) is 0 Å². The molecule has 0 unspecified atom stereocenters. The second-order valence-electron chi connectivity index (χ2n) is 5.01. The number of aromatic nitrogens is 3. The van der Waals surface area contributed by atoms with Crippen molar-refractivity contribution < 1.29 is 0 Å². The third-order valence-corrected chi connectivity index (χ3v) is 4.20. The van der Waals surface area contributed by atoms with Gasteiger partial charge >= 0.3 is 0 Å². The maximum Gasteiger partial charge on any atom is 0.214 e. The van der Waals surface area contributed by atoms with Crippen molar-refractivity contribution in [3.05, 3.63) is 66.5 Å². The first-order valence-electron chi connectivity index (χ1n) is 6.78. The summed E-state index contributed by atoms with van der Waals surface area (Å²) in [6.45, 7) is 2.09. The van der Waals surface area contributed by atoms with Gasteiger partial charge in [-0.2, -0.15) is 4.37 Å². The highest BCUT2D eigenvalue weighted by atomic mass is 32.1. The minimum absolute atomic E-state index is 0.921. The molecule has 4 heteroatoms. The highest BCUT2D eigenvalue weighted by Gasteiger charge is 2.16. The van der Waals surface area contributed by atoms with Crippen LogP contribution in [0.15, 0.2) is 60.9 Å². The van der Waals surface area contributed by atoms with Crippen LogP contribution in [0.3, 0.4) is 0 Å². The Morgan fingerprint density at radius 1 is 0.905 bits per heavy atom. The second kappa shape index (κ2) is 4.82. The Balaban J connectivity index is 2.01. The molecule has 0 radical (unpaired) electrons. The maximum absolute atomic E-state index is 4.77. The number of nitrogens with zero attached hydrogens (tertiary/aromatic N) is 3. The molecular formula is C17H13N3S. The van der Waals surface area contributed by atoms with Gasteiger partial charge in [0, 0.05) is 22.7 Å². The molecule has 4 rings (SSSR count). The van der Waals surface area contributed by atoms with E-state index in [1.807, 2.05) is 24.5 Å². The molecule has 0 aliphatic carbocycles. The average molecular weight is 291 g/mol. The second-order valence-corrected chi connectivity index (χ2v) is 5.76. The van der Waals surface area contributed by atoms with Gasteiger partial charge in [0.25, 0.3) is 0 Å². The van der Waals surface area contributed by atoms with Crippen molar-refractivity contribution in [3.63, 3.8) is 0 Å². The molecule has 21 heavy (non-hydrogen) atoms. The molecule has 2 aromatic heterocycles. The molecule has 0 amide bonds. The first kappa shape index (κ1) is 12.3. The van der Waals surface area contributed by atoms with Gasteiger partial charge in [-0.3, -0.25) is 4.40 Å². The highest BCUT2D eigenvalue weighted by molar-refractivity contribution is 7.11. The van der Waals surface area contributed by atoms with E-state index in [2.05, 4.69) is 52.1 Å². The van der Waals surface area contributed by atoms with E-state index in [9.17, 15) is 0 Å². The van der Waals surface area contributed by atoms with E-state index in [4.69, 9.17) is 4.98 Å². The van der Waals surface area contributed by atoms with Crippen LogP contribution in [0.1, 0.15) is 5.56 Å². The molecule has 0 saturated heterocycles. The van der Waals surface area contributed by atoms with Crippen LogP contribution in [0, 0.1) is 6.92 Å².